The summed E-state index contributed by atoms with van der Waals surface area (Å²) in [5.41, 5.74) is 0.753. The third-order valence-corrected chi connectivity index (χ3v) is 4.72. The molecule has 1 aliphatic heterocycles. The second-order valence-corrected chi connectivity index (χ2v) is 7.07. The largest absolute Gasteiger partial charge is 0.448 e. The van der Waals surface area contributed by atoms with Gasteiger partial charge >= 0.3 is 5.97 Å². The quantitative estimate of drug-likeness (QED) is 0.637. The highest BCUT2D eigenvalue weighted by Gasteiger charge is 2.33. The number of hydrogen-bond acceptors (Lipinski definition) is 4. The van der Waals surface area contributed by atoms with Crippen molar-refractivity contribution in [3.05, 3.63) is 41.6 Å². The van der Waals surface area contributed by atoms with Gasteiger partial charge in [-0.2, -0.15) is 0 Å². The van der Waals surface area contributed by atoms with Crippen molar-refractivity contribution >= 4 is 23.9 Å². The van der Waals surface area contributed by atoms with Crippen LogP contribution in [0.5, 0.6) is 0 Å². The number of hydrogen-bond donors (Lipinski definition) is 1. The van der Waals surface area contributed by atoms with Crippen LogP contribution in [0.4, 0.5) is 0 Å². The molecule has 2 amide bonds. The molecule has 0 saturated carbocycles. The molecular formula is C21H28N2O4. The zero-order valence-electron chi connectivity index (χ0n) is 16.4. The standard InChI is InChI=1S/C21H28N2O4/c1-14-9-8-10-15(2)23(14)20(25)16(3)27-21(26)19(22-17(4)24)13-18-11-6-5-7-12-18/h5-7,11-16H,8-10H2,1-4H3,(H,22,24)/b19-13-/t14-,15+,16-/m1/s1. The minimum absolute atomic E-state index is 0.00749. The number of benzene rings is 1. The van der Waals surface area contributed by atoms with Crippen molar-refractivity contribution in [1.29, 1.82) is 0 Å². The molecule has 0 unspecified atom stereocenters. The highest BCUT2D eigenvalue weighted by Crippen LogP contribution is 2.24. The molecule has 2 rings (SSSR count). The second-order valence-electron chi connectivity index (χ2n) is 7.07. The number of carbonyl (C=O) groups excluding carboxylic acids is 3. The van der Waals surface area contributed by atoms with E-state index < -0.39 is 12.1 Å². The van der Waals surface area contributed by atoms with Crippen molar-refractivity contribution in [2.24, 2.45) is 0 Å². The molecule has 1 heterocycles. The molecule has 1 aromatic carbocycles. The van der Waals surface area contributed by atoms with E-state index >= 15 is 0 Å². The van der Waals surface area contributed by atoms with Gasteiger partial charge in [0.15, 0.2) is 6.10 Å². The molecule has 6 nitrogen and oxygen atoms in total. The zero-order valence-corrected chi connectivity index (χ0v) is 16.4. The first-order valence-electron chi connectivity index (χ1n) is 9.37. The molecule has 0 spiro atoms. The average Bonchev–Trinajstić information content (AvgIpc) is 2.61. The van der Waals surface area contributed by atoms with Crippen LogP contribution in [0.3, 0.4) is 0 Å². The Kier molecular flexibility index (Phi) is 7.16. The van der Waals surface area contributed by atoms with Crippen LogP contribution in [0.1, 0.15) is 52.5 Å². The molecule has 146 valence electrons. The van der Waals surface area contributed by atoms with Gasteiger partial charge in [0.05, 0.1) is 0 Å². The van der Waals surface area contributed by atoms with Crippen molar-refractivity contribution in [3.63, 3.8) is 0 Å². The van der Waals surface area contributed by atoms with Gasteiger partial charge in [-0.15, -0.1) is 0 Å². The SMILES string of the molecule is CC(=O)N/C(=C\c1ccccc1)C(=O)O[C@H](C)C(=O)N1[C@H](C)CCC[C@@H]1C. The fourth-order valence-electron chi connectivity index (χ4n) is 3.39. The molecular weight excluding hydrogens is 344 g/mol. The van der Waals surface area contributed by atoms with Gasteiger partial charge in [0.2, 0.25) is 5.91 Å². The average molecular weight is 372 g/mol. The van der Waals surface area contributed by atoms with E-state index in [0.29, 0.717) is 0 Å². The van der Waals surface area contributed by atoms with Crippen LogP contribution in [-0.2, 0) is 19.1 Å². The predicted molar refractivity (Wildman–Crippen MR) is 103 cm³/mol. The van der Waals surface area contributed by atoms with Crippen LogP contribution in [0, 0.1) is 0 Å². The number of nitrogens with zero attached hydrogens (tertiary/aromatic N) is 1. The summed E-state index contributed by atoms with van der Waals surface area (Å²) < 4.78 is 5.38. The van der Waals surface area contributed by atoms with Crippen LogP contribution in [0.25, 0.3) is 6.08 Å². The minimum Gasteiger partial charge on any atom is -0.448 e. The van der Waals surface area contributed by atoms with E-state index in [4.69, 9.17) is 4.74 Å². The molecule has 1 fully saturated rings. The Morgan fingerprint density at radius 1 is 1.15 bits per heavy atom. The fraction of sp³-hybridized carbons (Fsp3) is 0.476. The normalized spacial score (nSPS) is 21.3. The number of carbonyl (C=O) groups is 3. The van der Waals surface area contributed by atoms with Crippen LogP contribution in [-0.4, -0.2) is 40.9 Å². The van der Waals surface area contributed by atoms with Crippen molar-refractivity contribution in [2.45, 2.75) is 65.1 Å². The molecule has 1 saturated heterocycles. The summed E-state index contributed by atoms with van der Waals surface area (Å²) >= 11 is 0. The fourth-order valence-corrected chi connectivity index (χ4v) is 3.39. The number of likely N-dealkylation sites (tertiary alicyclic amines) is 1. The zero-order chi connectivity index (χ0) is 20.0. The van der Waals surface area contributed by atoms with Gasteiger partial charge in [-0.05, 0) is 51.7 Å². The van der Waals surface area contributed by atoms with E-state index in [2.05, 4.69) is 5.32 Å². The van der Waals surface area contributed by atoms with E-state index in [1.165, 1.54) is 13.0 Å². The molecule has 27 heavy (non-hydrogen) atoms. The van der Waals surface area contributed by atoms with Gasteiger partial charge in [0, 0.05) is 19.0 Å². The summed E-state index contributed by atoms with van der Waals surface area (Å²) in [6.07, 6.45) is 3.59. The summed E-state index contributed by atoms with van der Waals surface area (Å²) in [6.45, 7) is 6.92. The van der Waals surface area contributed by atoms with Gasteiger partial charge in [-0.3, -0.25) is 9.59 Å². The number of amides is 2. The molecule has 6 heteroatoms. The van der Waals surface area contributed by atoms with Gasteiger partial charge in [-0.25, -0.2) is 4.79 Å². The molecule has 0 aromatic heterocycles. The molecule has 0 radical (unpaired) electrons. The molecule has 0 bridgehead atoms. The summed E-state index contributed by atoms with van der Waals surface area (Å²) in [5.74, 6) is -1.32. The Morgan fingerprint density at radius 3 is 2.30 bits per heavy atom. The van der Waals surface area contributed by atoms with E-state index in [1.807, 2.05) is 32.0 Å². The van der Waals surface area contributed by atoms with Gasteiger partial charge in [0.25, 0.3) is 5.91 Å². The lowest BCUT2D eigenvalue weighted by atomic mass is 9.97. The molecule has 1 aromatic rings. The van der Waals surface area contributed by atoms with Crippen LogP contribution in [0.2, 0.25) is 0 Å². The number of rotatable bonds is 5. The molecule has 0 aliphatic carbocycles. The van der Waals surface area contributed by atoms with Gasteiger partial charge < -0.3 is 15.0 Å². The summed E-state index contributed by atoms with van der Waals surface area (Å²) in [5, 5.41) is 2.49. The highest BCUT2D eigenvalue weighted by atomic mass is 16.5. The molecule has 1 aliphatic rings. The molecule has 3 atom stereocenters. The predicted octanol–water partition coefficient (Wildman–Crippen LogP) is 2.88. The van der Waals surface area contributed by atoms with Crippen LogP contribution < -0.4 is 5.32 Å². The first-order valence-corrected chi connectivity index (χ1v) is 9.37. The lowest BCUT2D eigenvalue weighted by Gasteiger charge is -2.40. The number of piperidine rings is 1. The monoisotopic (exact) mass is 372 g/mol. The third kappa shape index (κ3) is 5.67. The van der Waals surface area contributed by atoms with Crippen LogP contribution >= 0.6 is 0 Å². The third-order valence-electron chi connectivity index (χ3n) is 4.72. The maximum atomic E-state index is 12.8. The van der Waals surface area contributed by atoms with Crippen LogP contribution in [0.15, 0.2) is 36.0 Å². The Hall–Kier alpha value is -2.63. The summed E-state index contributed by atoms with van der Waals surface area (Å²) in [6, 6.07) is 9.37. The number of ether oxygens (including phenoxy) is 1. The van der Waals surface area contributed by atoms with E-state index in [0.717, 1.165) is 24.8 Å². The smallest absolute Gasteiger partial charge is 0.355 e. The molecule has 1 N–H and O–H groups in total. The van der Waals surface area contributed by atoms with E-state index in [-0.39, 0.29) is 29.6 Å². The van der Waals surface area contributed by atoms with E-state index in [9.17, 15) is 14.4 Å². The van der Waals surface area contributed by atoms with E-state index in [1.54, 1.807) is 24.0 Å². The maximum Gasteiger partial charge on any atom is 0.355 e. The number of esters is 1. The first kappa shape index (κ1) is 20.7. The Morgan fingerprint density at radius 2 is 1.74 bits per heavy atom. The topological polar surface area (TPSA) is 75.7 Å². The van der Waals surface area contributed by atoms with Gasteiger partial charge in [-0.1, -0.05) is 30.3 Å². The maximum absolute atomic E-state index is 12.8. The lowest BCUT2D eigenvalue weighted by molar-refractivity contribution is -0.159. The Bertz CT molecular complexity index is 704. The van der Waals surface area contributed by atoms with Crippen molar-refractivity contribution in [1.82, 2.24) is 10.2 Å². The second kappa shape index (κ2) is 9.35. The Balaban J connectivity index is 2.12. The van der Waals surface area contributed by atoms with Crippen molar-refractivity contribution in [3.8, 4) is 0 Å². The minimum atomic E-state index is -0.923. The van der Waals surface area contributed by atoms with Gasteiger partial charge in [0.1, 0.15) is 5.70 Å². The summed E-state index contributed by atoms with van der Waals surface area (Å²) in [4.78, 5) is 38.6. The number of nitrogens with one attached hydrogen (secondary N) is 1. The Labute approximate surface area is 160 Å². The highest BCUT2D eigenvalue weighted by molar-refractivity contribution is 5.98. The first-order chi connectivity index (χ1) is 12.8. The van der Waals surface area contributed by atoms with Crippen molar-refractivity contribution in [2.75, 3.05) is 0 Å². The lowest BCUT2D eigenvalue weighted by Crippen LogP contribution is -2.51. The van der Waals surface area contributed by atoms with Crippen molar-refractivity contribution < 1.29 is 19.1 Å². The summed E-state index contributed by atoms with van der Waals surface area (Å²) in [7, 11) is 0.